The quantitative estimate of drug-likeness (QED) is 0.391. The molecule has 46 valence electrons. The van der Waals surface area contributed by atoms with Gasteiger partial charge < -0.3 is 4.74 Å². The zero-order chi connectivity index (χ0) is 7.28. The van der Waals surface area contributed by atoms with Crippen molar-refractivity contribution in [3.05, 3.63) is 0 Å². The van der Waals surface area contributed by atoms with Gasteiger partial charge in [-0.3, -0.25) is 4.79 Å². The van der Waals surface area contributed by atoms with Crippen LogP contribution in [0.3, 0.4) is 0 Å². The molecule has 4 radical (unpaired) electrons. The van der Waals surface area contributed by atoms with Gasteiger partial charge in [-0.15, -0.1) is 0 Å². The average molecular weight is 122 g/mol. The molecule has 0 aromatic rings. The third-order valence-electron chi connectivity index (χ3n) is 0.982. The van der Waals surface area contributed by atoms with Crippen molar-refractivity contribution in [3.63, 3.8) is 0 Å². The molecule has 2 nitrogen and oxygen atoms in total. The topological polar surface area (TPSA) is 26.3 Å². The smallest absolute Gasteiger partial charge is 0.299 e. The van der Waals surface area contributed by atoms with Crippen molar-refractivity contribution in [2.45, 2.75) is 18.6 Å². The van der Waals surface area contributed by atoms with Gasteiger partial charge in [0, 0.05) is 5.82 Å². The first-order chi connectivity index (χ1) is 4.22. The number of hydrogen-bond donors (Lipinski definition) is 0. The highest BCUT2D eigenvalue weighted by Gasteiger charge is 2.09. The molecule has 0 fully saturated rings. The van der Waals surface area contributed by atoms with Crippen LogP contribution < -0.4 is 0 Å². The number of carbonyl (C=O) groups is 1. The van der Waals surface area contributed by atoms with E-state index in [-0.39, 0.29) is 0 Å². The molecule has 0 aliphatic rings. The predicted molar refractivity (Wildman–Crippen MR) is 36.7 cm³/mol. The van der Waals surface area contributed by atoms with Crippen LogP contribution in [0.1, 0.15) is 6.42 Å². The van der Waals surface area contributed by atoms with Crippen LogP contribution in [0.5, 0.6) is 0 Å². The van der Waals surface area contributed by atoms with E-state index in [0.29, 0.717) is 12.7 Å². The van der Waals surface area contributed by atoms with Crippen LogP contribution in [0.4, 0.5) is 0 Å². The van der Waals surface area contributed by atoms with Crippen LogP contribution in [0.2, 0.25) is 12.1 Å². The van der Waals surface area contributed by atoms with Crippen LogP contribution in [0.15, 0.2) is 0 Å². The Labute approximate surface area is 57.8 Å². The Bertz CT molecular complexity index is 95.0. The van der Waals surface area contributed by atoms with Crippen LogP contribution in [-0.2, 0) is 9.53 Å². The molecule has 0 aliphatic carbocycles. The van der Waals surface area contributed by atoms with Crippen LogP contribution in [0, 0.1) is 0 Å². The highest BCUT2D eigenvalue weighted by Crippen LogP contribution is 2.08. The monoisotopic (exact) mass is 122 g/mol. The van der Waals surface area contributed by atoms with Gasteiger partial charge in [-0.2, -0.15) is 0 Å². The third-order valence-corrected chi connectivity index (χ3v) is 0.982. The van der Waals surface area contributed by atoms with E-state index in [4.69, 9.17) is 15.7 Å². The maximum Gasteiger partial charge on any atom is 0.299 e. The van der Waals surface area contributed by atoms with Gasteiger partial charge in [-0.25, -0.2) is 0 Å². The average Bonchev–Trinajstić information content (AvgIpc) is 1.87. The second-order valence-electron chi connectivity index (χ2n) is 1.71. The number of hydrogen-bond acceptors (Lipinski definition) is 2. The predicted octanol–water partition coefficient (Wildman–Crippen LogP) is 0.0933. The number of rotatable bonds is 3. The Kier molecular flexibility index (Phi) is 4.28. The molecule has 0 aromatic carbocycles. The lowest BCUT2D eigenvalue weighted by Crippen LogP contribution is -2.09. The molecule has 0 aliphatic heterocycles. The van der Waals surface area contributed by atoms with E-state index in [1.807, 2.05) is 0 Å². The van der Waals surface area contributed by atoms with Crippen molar-refractivity contribution in [1.82, 2.24) is 0 Å². The molecule has 0 rings (SSSR count). The van der Waals surface area contributed by atoms with E-state index in [1.54, 1.807) is 0 Å². The summed E-state index contributed by atoms with van der Waals surface area (Å²) < 4.78 is 4.35. The lowest BCUT2D eigenvalue weighted by molar-refractivity contribution is -0.140. The van der Waals surface area contributed by atoms with Crippen LogP contribution >= 0.6 is 0 Å². The first kappa shape index (κ1) is 8.60. The summed E-state index contributed by atoms with van der Waals surface area (Å²) in [6.45, 7) is 0. The molecule has 0 spiro atoms. The Morgan fingerprint density at radius 3 is 2.67 bits per heavy atom. The second-order valence-corrected chi connectivity index (χ2v) is 1.71. The zero-order valence-electron chi connectivity index (χ0n) is 5.46. The number of methoxy groups -OCH3 is 1. The highest BCUT2D eigenvalue weighted by atomic mass is 16.5. The fourth-order valence-corrected chi connectivity index (χ4v) is 0.449. The van der Waals surface area contributed by atoms with Gasteiger partial charge in [0.25, 0.3) is 5.97 Å². The minimum Gasteiger partial charge on any atom is -0.469 e. The molecule has 1 atom stereocenters. The SMILES string of the molecule is [B]CCC([B])C(=O)OC. The fraction of sp³-hybridized carbons (Fsp3) is 0.800. The van der Waals surface area contributed by atoms with Gasteiger partial charge in [-0.05, 0) is 0 Å². The van der Waals surface area contributed by atoms with Crippen molar-refractivity contribution in [1.29, 1.82) is 0 Å². The van der Waals surface area contributed by atoms with Crippen molar-refractivity contribution >= 4 is 21.7 Å². The Balaban J connectivity index is 3.45. The lowest BCUT2D eigenvalue weighted by atomic mass is 9.80. The van der Waals surface area contributed by atoms with Gasteiger partial charge in [0.15, 0.2) is 0 Å². The normalized spacial score (nSPS) is 12.6. The van der Waals surface area contributed by atoms with Gasteiger partial charge >= 0.3 is 0 Å². The minimum absolute atomic E-state index is 0.402. The Morgan fingerprint density at radius 2 is 2.33 bits per heavy atom. The maximum atomic E-state index is 10.5. The highest BCUT2D eigenvalue weighted by molar-refractivity contribution is 6.23. The van der Waals surface area contributed by atoms with Crippen molar-refractivity contribution < 1.29 is 9.53 Å². The first-order valence-electron chi connectivity index (χ1n) is 2.76. The Hall–Kier alpha value is -0.400. The fourth-order valence-electron chi connectivity index (χ4n) is 0.449. The molecule has 1 unspecified atom stereocenters. The van der Waals surface area contributed by atoms with Crippen molar-refractivity contribution in [2.75, 3.05) is 7.11 Å². The van der Waals surface area contributed by atoms with E-state index in [9.17, 15) is 4.79 Å². The summed E-state index contributed by atoms with van der Waals surface area (Å²) in [5.41, 5.74) is 0. The van der Waals surface area contributed by atoms with Gasteiger partial charge in [-0.1, -0.05) is 12.7 Å². The van der Waals surface area contributed by atoms with E-state index in [2.05, 4.69) is 4.74 Å². The first-order valence-corrected chi connectivity index (χ1v) is 2.76. The molecule has 0 bridgehead atoms. The van der Waals surface area contributed by atoms with Gasteiger partial charge in [0.05, 0.1) is 22.8 Å². The van der Waals surface area contributed by atoms with Crippen molar-refractivity contribution in [3.8, 4) is 0 Å². The summed E-state index contributed by atoms with van der Waals surface area (Å²) in [4.78, 5) is 10.5. The molecule has 9 heavy (non-hydrogen) atoms. The van der Waals surface area contributed by atoms with Crippen molar-refractivity contribution in [2.24, 2.45) is 0 Å². The van der Waals surface area contributed by atoms with E-state index < -0.39 is 11.8 Å². The molecule has 0 saturated carbocycles. The van der Waals surface area contributed by atoms with E-state index in [1.165, 1.54) is 7.11 Å². The summed E-state index contributed by atoms with van der Waals surface area (Å²) in [6, 6.07) is 0. The number of esters is 1. The molecule has 0 saturated heterocycles. The summed E-state index contributed by atoms with van der Waals surface area (Å²) in [7, 11) is 11.7. The minimum atomic E-state index is -0.556. The zero-order valence-corrected chi connectivity index (χ0v) is 5.46. The van der Waals surface area contributed by atoms with Crippen LogP contribution in [0.25, 0.3) is 0 Å². The number of ether oxygens (including phenoxy) is 1. The molecular formula is C5H8B2O2. The van der Waals surface area contributed by atoms with Crippen LogP contribution in [-0.4, -0.2) is 28.8 Å². The van der Waals surface area contributed by atoms with Gasteiger partial charge in [0.1, 0.15) is 0 Å². The number of carbonyl (C=O) groups excluding carboxylic acids is 1. The molecule has 0 amide bonds. The summed E-state index contributed by atoms with van der Waals surface area (Å²) >= 11 is 0. The van der Waals surface area contributed by atoms with Gasteiger partial charge in [0.2, 0.25) is 0 Å². The lowest BCUT2D eigenvalue weighted by Gasteiger charge is -2.05. The molecule has 0 N–H and O–H groups in total. The maximum absolute atomic E-state index is 10.5. The standard InChI is InChI=1S/C5H8B2O2/c1-9-5(8)4(7)2-3-6/h4H,2-3H2,1H3. The second kappa shape index (κ2) is 4.48. The van der Waals surface area contributed by atoms with E-state index >= 15 is 0 Å². The van der Waals surface area contributed by atoms with E-state index in [0.717, 1.165) is 0 Å². The Morgan fingerprint density at radius 1 is 1.78 bits per heavy atom. The summed E-state index contributed by atoms with van der Waals surface area (Å²) in [6.07, 6.45) is 0.892. The largest absolute Gasteiger partial charge is 0.469 e. The summed E-state index contributed by atoms with van der Waals surface area (Å²) in [5, 5.41) is 0. The molecule has 0 heterocycles. The third kappa shape index (κ3) is 3.22. The molecular weight excluding hydrogens is 114 g/mol. The molecule has 0 aromatic heterocycles. The molecule has 4 heteroatoms. The summed E-state index contributed by atoms with van der Waals surface area (Å²) in [5.74, 6) is -0.958.